The maximum atomic E-state index is 12.1. The minimum absolute atomic E-state index is 0.246. The van der Waals surface area contributed by atoms with Gasteiger partial charge in [0.25, 0.3) is 0 Å². The van der Waals surface area contributed by atoms with Crippen LogP contribution in [0.5, 0.6) is 0 Å². The Morgan fingerprint density at radius 3 is 2.71 bits per heavy atom. The molecule has 2 N–H and O–H groups in total. The van der Waals surface area contributed by atoms with Crippen LogP contribution in [0.4, 0.5) is 0 Å². The minimum atomic E-state index is -0.837. The quantitative estimate of drug-likeness (QED) is 0.840. The maximum Gasteiger partial charge on any atom is 0.308 e. The second-order valence-electron chi connectivity index (χ2n) is 5.43. The summed E-state index contributed by atoms with van der Waals surface area (Å²) in [6, 6.07) is 9.34. The molecule has 3 unspecified atom stereocenters. The molecule has 5 heteroatoms. The molecule has 1 aliphatic carbocycles. The van der Waals surface area contributed by atoms with Crippen molar-refractivity contribution < 1.29 is 19.4 Å². The lowest BCUT2D eigenvalue weighted by Gasteiger charge is -2.20. The third-order valence-electron chi connectivity index (χ3n) is 3.87. The summed E-state index contributed by atoms with van der Waals surface area (Å²) in [7, 11) is 0. The average molecular weight is 291 g/mol. The van der Waals surface area contributed by atoms with Crippen molar-refractivity contribution in [3.05, 3.63) is 35.9 Å². The van der Waals surface area contributed by atoms with Gasteiger partial charge in [0.1, 0.15) is 6.10 Å². The highest BCUT2D eigenvalue weighted by Gasteiger charge is 2.34. The fourth-order valence-electron chi connectivity index (χ4n) is 2.60. The number of rotatable bonds is 6. The third kappa shape index (κ3) is 4.29. The predicted molar refractivity (Wildman–Crippen MR) is 77.6 cm³/mol. The van der Waals surface area contributed by atoms with Crippen molar-refractivity contribution in [2.24, 2.45) is 5.92 Å². The van der Waals surface area contributed by atoms with Gasteiger partial charge in [-0.1, -0.05) is 36.8 Å². The van der Waals surface area contributed by atoms with Gasteiger partial charge >= 0.3 is 5.97 Å². The molecule has 5 nitrogen and oxygen atoms in total. The molecule has 0 aromatic heterocycles. The van der Waals surface area contributed by atoms with Crippen LogP contribution in [0, 0.1) is 5.92 Å². The fraction of sp³-hybridized carbons (Fsp3) is 0.500. The number of amides is 1. The summed E-state index contributed by atoms with van der Waals surface area (Å²) in [4.78, 5) is 23.2. The van der Waals surface area contributed by atoms with Crippen LogP contribution in [-0.4, -0.2) is 29.1 Å². The van der Waals surface area contributed by atoms with E-state index in [9.17, 15) is 9.59 Å². The van der Waals surface area contributed by atoms with Crippen LogP contribution in [0.25, 0.3) is 0 Å². The van der Waals surface area contributed by atoms with Crippen molar-refractivity contribution in [3.63, 3.8) is 0 Å². The van der Waals surface area contributed by atoms with Crippen molar-refractivity contribution in [3.8, 4) is 0 Å². The molecule has 1 aromatic rings. The van der Waals surface area contributed by atoms with E-state index in [1.54, 1.807) is 6.92 Å². The molecule has 1 amide bonds. The topological polar surface area (TPSA) is 75.6 Å². The Labute approximate surface area is 124 Å². The number of carboxylic acids is 1. The fourth-order valence-corrected chi connectivity index (χ4v) is 2.60. The van der Waals surface area contributed by atoms with Gasteiger partial charge in [-0.25, -0.2) is 0 Å². The Hall–Kier alpha value is -1.88. The number of ether oxygens (including phenoxy) is 1. The van der Waals surface area contributed by atoms with E-state index in [1.807, 2.05) is 30.3 Å². The standard InChI is InChI=1S/C16H21NO4/c1-11(21-10-12-6-3-2-4-7-12)15(18)17-14-9-5-8-13(14)16(19)20/h2-4,6-7,11,13-14H,5,8-10H2,1H3,(H,17,18)(H,19,20). The van der Waals surface area contributed by atoms with Crippen molar-refractivity contribution in [1.29, 1.82) is 0 Å². The number of carboxylic acid groups (broad SMARTS) is 1. The highest BCUT2D eigenvalue weighted by molar-refractivity contribution is 5.81. The maximum absolute atomic E-state index is 12.1. The third-order valence-corrected chi connectivity index (χ3v) is 3.87. The molecular formula is C16H21NO4. The molecular weight excluding hydrogens is 270 g/mol. The molecule has 3 atom stereocenters. The molecule has 0 bridgehead atoms. The number of hydrogen-bond donors (Lipinski definition) is 2. The summed E-state index contributed by atoms with van der Waals surface area (Å²) in [5.74, 6) is -1.56. The summed E-state index contributed by atoms with van der Waals surface area (Å²) in [5.41, 5.74) is 1.00. The van der Waals surface area contributed by atoms with Gasteiger partial charge in [-0.15, -0.1) is 0 Å². The molecule has 0 heterocycles. The second-order valence-corrected chi connectivity index (χ2v) is 5.43. The van der Waals surface area contributed by atoms with Crippen molar-refractivity contribution >= 4 is 11.9 Å². The Balaban J connectivity index is 1.81. The van der Waals surface area contributed by atoms with E-state index in [0.29, 0.717) is 19.4 Å². The van der Waals surface area contributed by atoms with Crippen LogP contribution < -0.4 is 5.32 Å². The molecule has 1 saturated carbocycles. The molecule has 21 heavy (non-hydrogen) atoms. The molecule has 0 spiro atoms. The highest BCUT2D eigenvalue weighted by atomic mass is 16.5. The van der Waals surface area contributed by atoms with Gasteiger partial charge in [-0.05, 0) is 25.3 Å². The van der Waals surface area contributed by atoms with Crippen LogP contribution >= 0.6 is 0 Å². The lowest BCUT2D eigenvalue weighted by molar-refractivity contribution is -0.143. The van der Waals surface area contributed by atoms with Gasteiger partial charge in [0.05, 0.1) is 12.5 Å². The Morgan fingerprint density at radius 2 is 2.05 bits per heavy atom. The first-order valence-corrected chi connectivity index (χ1v) is 7.26. The van der Waals surface area contributed by atoms with E-state index >= 15 is 0 Å². The van der Waals surface area contributed by atoms with Gasteiger partial charge in [0, 0.05) is 6.04 Å². The van der Waals surface area contributed by atoms with Crippen LogP contribution in [-0.2, 0) is 20.9 Å². The normalized spacial score (nSPS) is 22.7. The largest absolute Gasteiger partial charge is 0.481 e. The average Bonchev–Trinajstić information content (AvgIpc) is 2.94. The SMILES string of the molecule is CC(OCc1ccccc1)C(=O)NC1CCCC1C(=O)O. The van der Waals surface area contributed by atoms with E-state index in [1.165, 1.54) is 0 Å². The van der Waals surface area contributed by atoms with E-state index in [2.05, 4.69) is 5.32 Å². The molecule has 0 saturated heterocycles. The number of aliphatic carboxylic acids is 1. The van der Waals surface area contributed by atoms with Gasteiger partial charge in [-0.2, -0.15) is 0 Å². The zero-order valence-electron chi connectivity index (χ0n) is 12.1. The Bertz CT molecular complexity index is 488. The molecule has 1 aromatic carbocycles. The number of carbonyl (C=O) groups is 2. The molecule has 2 rings (SSSR count). The first-order valence-electron chi connectivity index (χ1n) is 7.26. The number of nitrogens with one attached hydrogen (secondary N) is 1. The zero-order chi connectivity index (χ0) is 15.2. The molecule has 0 radical (unpaired) electrons. The molecule has 114 valence electrons. The Morgan fingerprint density at radius 1 is 1.33 bits per heavy atom. The monoisotopic (exact) mass is 291 g/mol. The van der Waals surface area contributed by atoms with E-state index < -0.39 is 18.0 Å². The van der Waals surface area contributed by atoms with E-state index in [-0.39, 0.29) is 11.9 Å². The van der Waals surface area contributed by atoms with Crippen LogP contribution in [0.15, 0.2) is 30.3 Å². The first kappa shape index (κ1) is 15.5. The van der Waals surface area contributed by atoms with Crippen molar-refractivity contribution in [2.75, 3.05) is 0 Å². The van der Waals surface area contributed by atoms with Crippen LogP contribution in [0.3, 0.4) is 0 Å². The van der Waals surface area contributed by atoms with Crippen molar-refractivity contribution in [2.45, 2.75) is 44.9 Å². The minimum Gasteiger partial charge on any atom is -0.481 e. The summed E-state index contributed by atoms with van der Waals surface area (Å²) >= 11 is 0. The summed E-state index contributed by atoms with van der Waals surface area (Å²) in [6.45, 7) is 2.05. The number of hydrogen-bond acceptors (Lipinski definition) is 3. The smallest absolute Gasteiger partial charge is 0.308 e. The molecule has 0 aliphatic heterocycles. The predicted octanol–water partition coefficient (Wildman–Crippen LogP) is 1.96. The van der Waals surface area contributed by atoms with Gasteiger partial charge in [0.15, 0.2) is 0 Å². The van der Waals surface area contributed by atoms with Crippen LogP contribution in [0.2, 0.25) is 0 Å². The van der Waals surface area contributed by atoms with Gasteiger partial charge in [-0.3, -0.25) is 9.59 Å². The van der Waals surface area contributed by atoms with Gasteiger partial charge in [0.2, 0.25) is 5.91 Å². The van der Waals surface area contributed by atoms with E-state index in [4.69, 9.17) is 9.84 Å². The zero-order valence-corrected chi connectivity index (χ0v) is 12.1. The Kier molecular flexibility index (Phi) is 5.33. The van der Waals surface area contributed by atoms with E-state index in [0.717, 1.165) is 12.0 Å². The molecule has 1 aliphatic rings. The lowest BCUT2D eigenvalue weighted by atomic mass is 10.0. The summed E-state index contributed by atoms with van der Waals surface area (Å²) in [6.07, 6.45) is 1.58. The first-order chi connectivity index (χ1) is 10.1. The number of carbonyl (C=O) groups excluding carboxylic acids is 1. The van der Waals surface area contributed by atoms with Gasteiger partial charge < -0.3 is 15.2 Å². The second kappa shape index (κ2) is 7.22. The lowest BCUT2D eigenvalue weighted by Crippen LogP contribution is -2.44. The van der Waals surface area contributed by atoms with Crippen LogP contribution in [0.1, 0.15) is 31.7 Å². The highest BCUT2D eigenvalue weighted by Crippen LogP contribution is 2.25. The molecule has 1 fully saturated rings. The summed E-state index contributed by atoms with van der Waals surface area (Å²) < 4.78 is 5.54. The van der Waals surface area contributed by atoms with Crippen molar-refractivity contribution in [1.82, 2.24) is 5.32 Å². The summed E-state index contributed by atoms with van der Waals surface area (Å²) in [5, 5.41) is 11.9. The number of benzene rings is 1.